The van der Waals surface area contributed by atoms with Crippen molar-refractivity contribution in [3.05, 3.63) is 193 Å². The Hall–Kier alpha value is -8.15. The lowest BCUT2D eigenvalue weighted by molar-refractivity contribution is 0.669. The van der Waals surface area contributed by atoms with E-state index in [0.717, 1.165) is 106 Å². The monoisotopic (exact) mass is 793 g/mol. The SMILES string of the molecule is C1=Cc2cc(-c3nc(-c4ccc(-c5cc(-c6cccc7ccccc67)cc6oc7ccccc7c56)c5ccccc45)nc(-c4cccc5c4oc4ccccc45)n3)ccc2CC1. The van der Waals surface area contributed by atoms with E-state index in [4.69, 9.17) is 23.8 Å². The lowest BCUT2D eigenvalue weighted by Crippen LogP contribution is -2.02. The van der Waals surface area contributed by atoms with Crippen LogP contribution in [0.2, 0.25) is 0 Å². The molecule has 62 heavy (non-hydrogen) atoms. The van der Waals surface area contributed by atoms with Gasteiger partial charge in [0.25, 0.3) is 0 Å². The maximum atomic E-state index is 6.65. The van der Waals surface area contributed by atoms with Gasteiger partial charge in [0.05, 0.1) is 5.56 Å². The van der Waals surface area contributed by atoms with Crippen LogP contribution in [0.25, 0.3) is 128 Å². The number of para-hydroxylation sites is 3. The molecular formula is C57H35N3O2. The Morgan fingerprint density at radius 3 is 1.90 bits per heavy atom. The fraction of sp³-hybridized carbons (Fsp3) is 0.0351. The van der Waals surface area contributed by atoms with Crippen LogP contribution in [0.15, 0.2) is 191 Å². The first kappa shape index (κ1) is 34.7. The minimum atomic E-state index is 0.561. The van der Waals surface area contributed by atoms with E-state index in [1.807, 2.05) is 30.3 Å². The van der Waals surface area contributed by atoms with Gasteiger partial charge < -0.3 is 8.83 Å². The van der Waals surface area contributed by atoms with Crippen molar-refractivity contribution < 1.29 is 8.83 Å². The summed E-state index contributed by atoms with van der Waals surface area (Å²) in [6.07, 6.45) is 6.52. The molecule has 0 radical (unpaired) electrons. The molecule has 0 aliphatic heterocycles. The predicted octanol–water partition coefficient (Wildman–Crippen LogP) is 15.3. The molecule has 5 heteroatoms. The Morgan fingerprint density at radius 1 is 0.387 bits per heavy atom. The molecule has 9 aromatic carbocycles. The lowest BCUT2D eigenvalue weighted by Gasteiger charge is -2.16. The van der Waals surface area contributed by atoms with Crippen molar-refractivity contribution in [3.63, 3.8) is 0 Å². The Labute approximate surface area is 356 Å². The van der Waals surface area contributed by atoms with E-state index < -0.39 is 0 Å². The van der Waals surface area contributed by atoms with Crippen LogP contribution < -0.4 is 0 Å². The van der Waals surface area contributed by atoms with Gasteiger partial charge >= 0.3 is 0 Å². The van der Waals surface area contributed by atoms with Gasteiger partial charge in [0.1, 0.15) is 22.3 Å². The summed E-state index contributed by atoms with van der Waals surface area (Å²) in [5.74, 6) is 1.77. The third-order valence-electron chi connectivity index (χ3n) is 12.6. The van der Waals surface area contributed by atoms with Crippen molar-refractivity contribution in [2.45, 2.75) is 12.8 Å². The molecule has 13 rings (SSSR count). The molecule has 0 amide bonds. The minimum absolute atomic E-state index is 0.561. The predicted molar refractivity (Wildman–Crippen MR) is 254 cm³/mol. The van der Waals surface area contributed by atoms with Gasteiger partial charge in [0.2, 0.25) is 0 Å². The molecule has 3 aromatic heterocycles. The van der Waals surface area contributed by atoms with E-state index in [9.17, 15) is 0 Å². The first-order valence-corrected chi connectivity index (χ1v) is 21.1. The molecule has 290 valence electrons. The first-order valence-electron chi connectivity index (χ1n) is 21.1. The second-order valence-corrected chi connectivity index (χ2v) is 16.2. The van der Waals surface area contributed by atoms with Crippen LogP contribution in [-0.4, -0.2) is 15.0 Å². The maximum absolute atomic E-state index is 6.65. The van der Waals surface area contributed by atoms with E-state index in [1.54, 1.807) is 0 Å². The van der Waals surface area contributed by atoms with Gasteiger partial charge in [-0.15, -0.1) is 0 Å². The van der Waals surface area contributed by atoms with Crippen molar-refractivity contribution in [2.24, 2.45) is 0 Å². The smallest absolute Gasteiger partial charge is 0.167 e. The van der Waals surface area contributed by atoms with Crippen molar-refractivity contribution in [1.29, 1.82) is 0 Å². The second kappa shape index (κ2) is 13.7. The molecule has 0 N–H and O–H groups in total. The average molecular weight is 794 g/mol. The number of allylic oxidation sites excluding steroid dienone is 1. The average Bonchev–Trinajstić information content (AvgIpc) is 3.92. The first-order chi connectivity index (χ1) is 30.7. The summed E-state index contributed by atoms with van der Waals surface area (Å²) in [5.41, 5.74) is 13.0. The second-order valence-electron chi connectivity index (χ2n) is 16.2. The minimum Gasteiger partial charge on any atom is -0.456 e. The number of aromatic nitrogens is 3. The third-order valence-corrected chi connectivity index (χ3v) is 12.6. The number of hydrogen-bond acceptors (Lipinski definition) is 5. The lowest BCUT2D eigenvalue weighted by atomic mass is 9.89. The van der Waals surface area contributed by atoms with Gasteiger partial charge in [-0.2, -0.15) is 0 Å². The largest absolute Gasteiger partial charge is 0.456 e. The highest BCUT2D eigenvalue weighted by Crippen LogP contribution is 2.45. The van der Waals surface area contributed by atoms with Gasteiger partial charge in [-0.3, -0.25) is 0 Å². The van der Waals surface area contributed by atoms with E-state index >= 15 is 0 Å². The molecule has 0 bridgehead atoms. The van der Waals surface area contributed by atoms with Gasteiger partial charge in [0, 0.05) is 32.7 Å². The summed E-state index contributed by atoms with van der Waals surface area (Å²) in [4.78, 5) is 15.8. The summed E-state index contributed by atoms with van der Waals surface area (Å²) in [5, 5.41) is 8.80. The van der Waals surface area contributed by atoms with E-state index in [0.29, 0.717) is 17.5 Å². The van der Waals surface area contributed by atoms with Crippen molar-refractivity contribution >= 4 is 71.5 Å². The van der Waals surface area contributed by atoms with Crippen LogP contribution in [0.3, 0.4) is 0 Å². The fourth-order valence-electron chi connectivity index (χ4n) is 9.66. The van der Waals surface area contributed by atoms with E-state index in [2.05, 4.69) is 158 Å². The van der Waals surface area contributed by atoms with Crippen LogP contribution in [0.4, 0.5) is 0 Å². The zero-order valence-electron chi connectivity index (χ0n) is 33.5. The summed E-state index contributed by atoms with van der Waals surface area (Å²) < 4.78 is 13.2. The molecular weight excluding hydrogens is 759 g/mol. The van der Waals surface area contributed by atoms with Crippen LogP contribution in [0, 0.1) is 0 Å². The number of hydrogen-bond donors (Lipinski definition) is 0. The molecule has 0 unspecified atom stereocenters. The molecule has 0 fully saturated rings. The number of benzene rings is 9. The van der Waals surface area contributed by atoms with Crippen molar-refractivity contribution in [1.82, 2.24) is 15.0 Å². The highest BCUT2D eigenvalue weighted by Gasteiger charge is 2.22. The number of fused-ring (bicyclic) bond motifs is 9. The number of rotatable bonds is 5. The van der Waals surface area contributed by atoms with Crippen molar-refractivity contribution in [2.75, 3.05) is 0 Å². The van der Waals surface area contributed by atoms with Gasteiger partial charge in [-0.25, -0.2) is 15.0 Å². The zero-order chi connectivity index (χ0) is 40.7. The highest BCUT2D eigenvalue weighted by atomic mass is 16.3. The van der Waals surface area contributed by atoms with Crippen LogP contribution >= 0.6 is 0 Å². The molecule has 1 aliphatic rings. The molecule has 12 aromatic rings. The Balaban J connectivity index is 1.05. The van der Waals surface area contributed by atoms with E-state index in [-0.39, 0.29) is 0 Å². The number of furan rings is 2. The van der Waals surface area contributed by atoms with Crippen LogP contribution in [0.1, 0.15) is 17.5 Å². The number of nitrogens with zero attached hydrogens (tertiary/aromatic N) is 3. The summed E-state index contributed by atoms with van der Waals surface area (Å²) in [6, 6.07) is 61.9. The van der Waals surface area contributed by atoms with E-state index in [1.165, 1.54) is 21.9 Å². The van der Waals surface area contributed by atoms with Gasteiger partial charge in [-0.1, -0.05) is 146 Å². The molecule has 1 aliphatic carbocycles. The van der Waals surface area contributed by atoms with Crippen LogP contribution in [-0.2, 0) is 6.42 Å². The highest BCUT2D eigenvalue weighted by molar-refractivity contribution is 6.18. The molecule has 0 saturated heterocycles. The fourth-order valence-corrected chi connectivity index (χ4v) is 9.66. The Kier molecular flexibility index (Phi) is 7.66. The standard InChI is InChI=1S/C57H35N3O2/c1-2-15-36-31-37(28-27-34(36)13-1)55-58-56(60-57(59-55)48-24-12-23-45-44-20-7-9-25-50(44)62-54(45)48)46-30-29-43(41-18-5-6-19-42(41)46)49-32-38(40-22-11-16-35-14-3-4-17-39(35)40)33-52-53(49)47-21-8-10-26-51(47)61-52/h2-12,14-33H,1,13H2. The quantitative estimate of drug-likeness (QED) is 0.174. The molecule has 0 saturated carbocycles. The van der Waals surface area contributed by atoms with Gasteiger partial charge in [0.15, 0.2) is 17.5 Å². The molecule has 3 heterocycles. The normalized spacial score (nSPS) is 12.6. The Morgan fingerprint density at radius 2 is 1.03 bits per heavy atom. The van der Waals surface area contributed by atoms with Crippen LogP contribution in [0.5, 0.6) is 0 Å². The summed E-state index contributed by atoms with van der Waals surface area (Å²) in [6.45, 7) is 0. The molecule has 5 nitrogen and oxygen atoms in total. The summed E-state index contributed by atoms with van der Waals surface area (Å²) >= 11 is 0. The van der Waals surface area contributed by atoms with Gasteiger partial charge in [-0.05, 0) is 110 Å². The summed E-state index contributed by atoms with van der Waals surface area (Å²) in [7, 11) is 0. The maximum Gasteiger partial charge on any atom is 0.167 e. The molecule has 0 spiro atoms. The Bertz CT molecular complexity index is 3830. The third kappa shape index (κ3) is 5.45. The topological polar surface area (TPSA) is 65.0 Å². The van der Waals surface area contributed by atoms with Crippen molar-refractivity contribution in [3.8, 4) is 56.4 Å². The zero-order valence-corrected chi connectivity index (χ0v) is 33.5. The molecule has 0 atom stereocenters. The number of aryl methyl sites for hydroxylation is 1.